The van der Waals surface area contributed by atoms with E-state index in [1.165, 1.54) is 11.1 Å². The molecule has 0 fully saturated rings. The minimum absolute atomic E-state index is 0.00387. The van der Waals surface area contributed by atoms with Crippen molar-refractivity contribution in [3.8, 4) is 5.75 Å². The van der Waals surface area contributed by atoms with Gasteiger partial charge in [-0.05, 0) is 38.0 Å². The number of aryl methyl sites for hydroxylation is 1. The average Bonchev–Trinajstić information content (AvgIpc) is 2.54. The summed E-state index contributed by atoms with van der Waals surface area (Å²) in [6.45, 7) is 6.20. The SMILES string of the molecule is Cc1ccc2c(c1)OC(C)(C)C[C@H]2NC(=O)CSCc1ccccc1. The number of rotatable bonds is 5. The zero-order valence-electron chi connectivity index (χ0n) is 15.0. The van der Waals surface area contributed by atoms with Crippen molar-refractivity contribution in [2.45, 2.75) is 44.6 Å². The molecule has 1 N–H and O–H groups in total. The largest absolute Gasteiger partial charge is 0.487 e. The lowest BCUT2D eigenvalue weighted by Crippen LogP contribution is -2.41. The molecule has 3 rings (SSSR count). The fourth-order valence-corrected chi connectivity index (χ4v) is 3.96. The molecule has 1 aliphatic heterocycles. The summed E-state index contributed by atoms with van der Waals surface area (Å²) in [6.07, 6.45) is 0.776. The molecular formula is C21H25NO2S. The molecule has 2 aromatic rings. The van der Waals surface area contributed by atoms with Gasteiger partial charge in [-0.25, -0.2) is 0 Å². The topological polar surface area (TPSA) is 38.3 Å². The molecule has 2 aromatic carbocycles. The molecule has 0 aliphatic carbocycles. The Morgan fingerprint density at radius 1 is 1.24 bits per heavy atom. The van der Waals surface area contributed by atoms with Crippen molar-refractivity contribution in [1.82, 2.24) is 5.32 Å². The number of amides is 1. The Hall–Kier alpha value is -1.94. The molecule has 3 nitrogen and oxygen atoms in total. The summed E-state index contributed by atoms with van der Waals surface area (Å²) < 4.78 is 6.09. The van der Waals surface area contributed by atoms with Gasteiger partial charge in [0.25, 0.3) is 0 Å². The van der Waals surface area contributed by atoms with Crippen LogP contribution in [0, 0.1) is 6.92 Å². The first-order valence-electron chi connectivity index (χ1n) is 8.63. The molecule has 25 heavy (non-hydrogen) atoms. The van der Waals surface area contributed by atoms with Crippen molar-refractivity contribution in [3.63, 3.8) is 0 Å². The summed E-state index contributed by atoms with van der Waals surface area (Å²) in [6, 6.07) is 16.4. The fraction of sp³-hybridized carbons (Fsp3) is 0.381. The third kappa shape index (κ3) is 4.79. The summed E-state index contributed by atoms with van der Waals surface area (Å²) in [7, 11) is 0. The van der Waals surface area contributed by atoms with Gasteiger partial charge in [-0.2, -0.15) is 0 Å². The van der Waals surface area contributed by atoms with Crippen molar-refractivity contribution in [3.05, 3.63) is 65.2 Å². The predicted molar refractivity (Wildman–Crippen MR) is 104 cm³/mol. The maximum absolute atomic E-state index is 12.4. The van der Waals surface area contributed by atoms with Gasteiger partial charge in [0, 0.05) is 17.7 Å². The molecule has 1 heterocycles. The third-order valence-corrected chi connectivity index (χ3v) is 5.31. The zero-order chi connectivity index (χ0) is 17.9. The van der Waals surface area contributed by atoms with Crippen LogP contribution in [0.15, 0.2) is 48.5 Å². The van der Waals surface area contributed by atoms with Gasteiger partial charge in [-0.1, -0.05) is 42.5 Å². The van der Waals surface area contributed by atoms with Crippen LogP contribution in [0.4, 0.5) is 0 Å². The lowest BCUT2D eigenvalue weighted by atomic mass is 9.89. The van der Waals surface area contributed by atoms with Crippen LogP contribution in [-0.2, 0) is 10.5 Å². The van der Waals surface area contributed by atoms with E-state index in [4.69, 9.17) is 4.74 Å². The van der Waals surface area contributed by atoms with Crippen molar-refractivity contribution >= 4 is 17.7 Å². The maximum atomic E-state index is 12.4. The van der Waals surface area contributed by atoms with Crippen molar-refractivity contribution in [1.29, 1.82) is 0 Å². The first kappa shape index (κ1) is 17.9. The number of thioether (sulfide) groups is 1. The first-order chi connectivity index (χ1) is 11.9. The lowest BCUT2D eigenvalue weighted by Gasteiger charge is -2.38. The molecule has 1 atom stereocenters. The van der Waals surface area contributed by atoms with E-state index >= 15 is 0 Å². The van der Waals surface area contributed by atoms with Gasteiger partial charge in [0.2, 0.25) is 5.91 Å². The standard InChI is InChI=1S/C21H25NO2S/c1-15-9-10-17-18(12-21(2,3)24-19(17)11-15)22-20(23)14-25-13-16-7-5-4-6-8-16/h4-11,18H,12-14H2,1-3H3,(H,22,23)/t18-/m1/s1. The molecule has 0 spiro atoms. The molecule has 4 heteroatoms. The highest BCUT2D eigenvalue weighted by molar-refractivity contribution is 7.99. The van der Waals surface area contributed by atoms with E-state index in [2.05, 4.69) is 56.4 Å². The molecule has 0 saturated heterocycles. The van der Waals surface area contributed by atoms with E-state index in [0.29, 0.717) is 5.75 Å². The summed E-state index contributed by atoms with van der Waals surface area (Å²) >= 11 is 1.64. The minimum Gasteiger partial charge on any atom is -0.487 e. The van der Waals surface area contributed by atoms with E-state index in [9.17, 15) is 4.79 Å². The number of carbonyl (C=O) groups excluding carboxylic acids is 1. The number of ether oxygens (including phenoxy) is 1. The number of fused-ring (bicyclic) bond motifs is 1. The van der Waals surface area contributed by atoms with Gasteiger partial charge in [0.05, 0.1) is 11.8 Å². The Labute approximate surface area is 154 Å². The van der Waals surface area contributed by atoms with Crippen LogP contribution in [0.5, 0.6) is 5.75 Å². The Bertz CT molecular complexity index is 743. The molecule has 132 valence electrons. The molecule has 0 saturated carbocycles. The van der Waals surface area contributed by atoms with Crippen molar-refractivity contribution in [2.24, 2.45) is 0 Å². The Morgan fingerprint density at radius 3 is 2.76 bits per heavy atom. The minimum atomic E-state index is -0.282. The van der Waals surface area contributed by atoms with Crippen LogP contribution in [0.2, 0.25) is 0 Å². The van der Waals surface area contributed by atoms with E-state index in [1.807, 2.05) is 18.2 Å². The molecule has 0 bridgehead atoms. The number of hydrogen-bond donors (Lipinski definition) is 1. The predicted octanol–water partition coefficient (Wildman–Crippen LogP) is 4.65. The first-order valence-corrected chi connectivity index (χ1v) is 9.79. The molecule has 1 amide bonds. The second-order valence-electron chi connectivity index (χ2n) is 7.21. The third-order valence-electron chi connectivity index (χ3n) is 4.31. The van der Waals surface area contributed by atoms with Gasteiger partial charge in [0.15, 0.2) is 0 Å². The highest BCUT2D eigenvalue weighted by Gasteiger charge is 2.34. The Balaban J connectivity index is 1.61. The normalized spacial score (nSPS) is 18.1. The van der Waals surface area contributed by atoms with Crippen LogP contribution in [0.25, 0.3) is 0 Å². The average molecular weight is 356 g/mol. The molecule has 0 unspecified atom stereocenters. The van der Waals surface area contributed by atoms with Crippen LogP contribution in [0.3, 0.4) is 0 Å². The molecule has 0 radical (unpaired) electrons. The van der Waals surface area contributed by atoms with Gasteiger partial charge in [-0.15, -0.1) is 11.8 Å². The zero-order valence-corrected chi connectivity index (χ0v) is 15.9. The number of carbonyl (C=O) groups is 1. The van der Waals surface area contributed by atoms with Gasteiger partial charge >= 0.3 is 0 Å². The number of hydrogen-bond acceptors (Lipinski definition) is 3. The lowest BCUT2D eigenvalue weighted by molar-refractivity contribution is -0.119. The van der Waals surface area contributed by atoms with Crippen LogP contribution >= 0.6 is 11.8 Å². The van der Waals surface area contributed by atoms with E-state index < -0.39 is 0 Å². The van der Waals surface area contributed by atoms with Gasteiger partial charge in [-0.3, -0.25) is 4.79 Å². The summed E-state index contributed by atoms with van der Waals surface area (Å²) in [5.74, 6) is 2.28. The Morgan fingerprint density at radius 2 is 2.00 bits per heavy atom. The second kappa shape index (κ2) is 7.52. The van der Waals surface area contributed by atoms with Crippen molar-refractivity contribution in [2.75, 3.05) is 5.75 Å². The summed E-state index contributed by atoms with van der Waals surface area (Å²) in [4.78, 5) is 12.4. The maximum Gasteiger partial charge on any atom is 0.230 e. The van der Waals surface area contributed by atoms with E-state index in [1.54, 1.807) is 11.8 Å². The molecular weight excluding hydrogens is 330 g/mol. The second-order valence-corrected chi connectivity index (χ2v) is 8.19. The quantitative estimate of drug-likeness (QED) is 0.849. The number of benzene rings is 2. The van der Waals surface area contributed by atoms with Crippen LogP contribution < -0.4 is 10.1 Å². The van der Waals surface area contributed by atoms with Gasteiger partial charge < -0.3 is 10.1 Å². The Kier molecular flexibility index (Phi) is 5.38. The fourth-order valence-electron chi connectivity index (χ4n) is 3.16. The summed E-state index contributed by atoms with van der Waals surface area (Å²) in [5.41, 5.74) is 3.20. The van der Waals surface area contributed by atoms with E-state index in [0.717, 1.165) is 23.5 Å². The van der Waals surface area contributed by atoms with Crippen LogP contribution in [0.1, 0.15) is 43.0 Å². The molecule has 1 aliphatic rings. The van der Waals surface area contributed by atoms with Crippen molar-refractivity contribution < 1.29 is 9.53 Å². The van der Waals surface area contributed by atoms with Gasteiger partial charge in [0.1, 0.15) is 11.4 Å². The highest BCUT2D eigenvalue weighted by Crippen LogP contribution is 2.39. The monoisotopic (exact) mass is 355 g/mol. The highest BCUT2D eigenvalue weighted by atomic mass is 32.2. The summed E-state index contributed by atoms with van der Waals surface area (Å²) in [5, 5.41) is 3.20. The smallest absolute Gasteiger partial charge is 0.230 e. The number of nitrogens with one attached hydrogen (secondary N) is 1. The van der Waals surface area contributed by atoms with E-state index in [-0.39, 0.29) is 17.6 Å². The van der Waals surface area contributed by atoms with Crippen LogP contribution in [-0.4, -0.2) is 17.3 Å². The molecule has 0 aromatic heterocycles.